The zero-order valence-electron chi connectivity index (χ0n) is 17.8. The molecule has 0 bridgehead atoms. The molecule has 33 heavy (non-hydrogen) atoms. The van der Waals surface area contributed by atoms with E-state index in [-0.39, 0.29) is 23.7 Å². The first-order valence-electron chi connectivity index (χ1n) is 10.1. The molecule has 0 unspecified atom stereocenters. The van der Waals surface area contributed by atoms with Gasteiger partial charge in [0.1, 0.15) is 17.6 Å². The lowest BCUT2D eigenvalue weighted by Gasteiger charge is -2.13. The predicted molar refractivity (Wildman–Crippen MR) is 114 cm³/mol. The van der Waals surface area contributed by atoms with Gasteiger partial charge in [-0.2, -0.15) is 10.4 Å². The zero-order chi connectivity index (χ0) is 23.1. The second-order valence-electron chi connectivity index (χ2n) is 7.41. The van der Waals surface area contributed by atoms with Gasteiger partial charge in [0.25, 0.3) is 0 Å². The SMILES string of the molecule is COC(=O)c1cc(-c2cnc(NCc3c(F)ccc4c3CCO4)n3cc(C#N)nc23)n(C)n1. The van der Waals surface area contributed by atoms with E-state index in [0.29, 0.717) is 47.2 Å². The van der Waals surface area contributed by atoms with E-state index in [4.69, 9.17) is 9.47 Å². The van der Waals surface area contributed by atoms with Gasteiger partial charge in [-0.05, 0) is 18.2 Å². The summed E-state index contributed by atoms with van der Waals surface area (Å²) in [5.74, 6) is 0.178. The summed E-state index contributed by atoms with van der Waals surface area (Å²) < 4.78 is 27.9. The average molecular weight is 447 g/mol. The summed E-state index contributed by atoms with van der Waals surface area (Å²) in [4.78, 5) is 20.7. The van der Waals surface area contributed by atoms with Gasteiger partial charge >= 0.3 is 5.97 Å². The summed E-state index contributed by atoms with van der Waals surface area (Å²) in [6.45, 7) is 0.701. The minimum absolute atomic E-state index is 0.137. The minimum Gasteiger partial charge on any atom is -0.493 e. The van der Waals surface area contributed by atoms with Crippen molar-refractivity contribution in [1.29, 1.82) is 5.26 Å². The molecule has 1 aliphatic heterocycles. The number of rotatable bonds is 5. The highest BCUT2D eigenvalue weighted by Crippen LogP contribution is 2.31. The normalized spacial score (nSPS) is 12.3. The van der Waals surface area contributed by atoms with Crippen LogP contribution in [0.1, 0.15) is 27.3 Å². The van der Waals surface area contributed by atoms with Crippen molar-refractivity contribution in [2.75, 3.05) is 19.0 Å². The van der Waals surface area contributed by atoms with Crippen LogP contribution < -0.4 is 10.1 Å². The molecule has 0 aliphatic carbocycles. The van der Waals surface area contributed by atoms with Crippen LogP contribution in [0.3, 0.4) is 0 Å². The summed E-state index contributed by atoms with van der Waals surface area (Å²) >= 11 is 0. The fourth-order valence-corrected chi connectivity index (χ4v) is 3.94. The number of methoxy groups -OCH3 is 1. The number of imidazole rings is 1. The van der Waals surface area contributed by atoms with Crippen LogP contribution in [0, 0.1) is 17.1 Å². The largest absolute Gasteiger partial charge is 0.493 e. The van der Waals surface area contributed by atoms with Crippen LogP contribution in [0.5, 0.6) is 5.75 Å². The topological polar surface area (TPSA) is 119 Å². The number of benzene rings is 1. The number of fused-ring (bicyclic) bond motifs is 2. The Bertz CT molecular complexity index is 1450. The van der Waals surface area contributed by atoms with E-state index in [1.54, 1.807) is 36.0 Å². The summed E-state index contributed by atoms with van der Waals surface area (Å²) in [6, 6.07) is 6.62. The number of hydrogen-bond donors (Lipinski definition) is 1. The Morgan fingerprint density at radius 2 is 2.27 bits per heavy atom. The van der Waals surface area contributed by atoms with Crippen molar-refractivity contribution < 1.29 is 18.7 Å². The molecule has 10 nitrogen and oxygen atoms in total. The number of nitriles is 1. The molecule has 0 saturated heterocycles. The molecule has 0 spiro atoms. The number of halogens is 1. The molecule has 0 fully saturated rings. The Hall–Kier alpha value is -4.46. The van der Waals surface area contributed by atoms with Crippen LogP contribution in [-0.2, 0) is 24.8 Å². The number of carbonyl (C=O) groups excluding carboxylic acids is 1. The second kappa shape index (κ2) is 7.90. The number of ether oxygens (including phenoxy) is 2. The third kappa shape index (κ3) is 3.41. The van der Waals surface area contributed by atoms with Crippen LogP contribution in [0.4, 0.5) is 10.3 Å². The van der Waals surface area contributed by atoms with Crippen molar-refractivity contribution in [3.63, 3.8) is 0 Å². The van der Waals surface area contributed by atoms with Crippen molar-refractivity contribution in [3.05, 3.63) is 58.9 Å². The van der Waals surface area contributed by atoms with Gasteiger partial charge in [-0.1, -0.05) is 0 Å². The maximum atomic E-state index is 14.5. The molecule has 0 radical (unpaired) electrons. The molecule has 11 heteroatoms. The van der Waals surface area contributed by atoms with Crippen LogP contribution in [0.2, 0.25) is 0 Å². The van der Waals surface area contributed by atoms with Crippen molar-refractivity contribution in [2.24, 2.45) is 7.05 Å². The van der Waals surface area contributed by atoms with E-state index in [9.17, 15) is 14.4 Å². The quantitative estimate of drug-likeness (QED) is 0.464. The summed E-state index contributed by atoms with van der Waals surface area (Å²) in [5, 5.41) is 16.7. The van der Waals surface area contributed by atoms with Crippen molar-refractivity contribution in [1.82, 2.24) is 24.1 Å². The zero-order valence-corrected chi connectivity index (χ0v) is 17.8. The van der Waals surface area contributed by atoms with E-state index < -0.39 is 5.97 Å². The third-order valence-electron chi connectivity index (χ3n) is 5.52. The molecule has 0 atom stereocenters. The van der Waals surface area contributed by atoms with E-state index in [0.717, 1.165) is 5.56 Å². The van der Waals surface area contributed by atoms with Crippen molar-refractivity contribution in [3.8, 4) is 23.1 Å². The summed E-state index contributed by atoms with van der Waals surface area (Å²) in [5.41, 5.74) is 3.24. The Morgan fingerprint density at radius 1 is 1.42 bits per heavy atom. The van der Waals surface area contributed by atoms with Gasteiger partial charge in [0, 0.05) is 37.3 Å². The molecule has 0 amide bonds. The number of carbonyl (C=O) groups is 1. The Balaban J connectivity index is 1.55. The molecule has 4 aromatic rings. The van der Waals surface area contributed by atoms with Crippen LogP contribution in [-0.4, -0.2) is 43.8 Å². The number of esters is 1. The highest BCUT2D eigenvalue weighted by molar-refractivity contribution is 5.89. The van der Waals surface area contributed by atoms with Crippen LogP contribution in [0.15, 0.2) is 30.6 Å². The van der Waals surface area contributed by atoms with Gasteiger partial charge in [0.2, 0.25) is 5.95 Å². The van der Waals surface area contributed by atoms with Gasteiger partial charge in [-0.3, -0.25) is 9.08 Å². The Labute approximate surface area is 187 Å². The minimum atomic E-state index is -0.568. The standard InChI is InChI=1S/C22H18FN7O3/c1-29-18(7-17(28-29)21(31)32-2)15-10-26-22(30-11-12(8-24)27-20(15)30)25-9-14-13-5-6-33-19(13)4-3-16(14)23/h3-4,7,10-11H,5-6,9H2,1-2H3,(H,25,26). The first-order chi connectivity index (χ1) is 16.0. The summed E-state index contributed by atoms with van der Waals surface area (Å²) in [7, 11) is 2.96. The lowest BCUT2D eigenvalue weighted by atomic mass is 10.0. The number of aryl methyl sites for hydroxylation is 1. The molecule has 4 heterocycles. The van der Waals surface area contributed by atoms with Crippen LogP contribution in [0.25, 0.3) is 16.9 Å². The van der Waals surface area contributed by atoms with Crippen molar-refractivity contribution in [2.45, 2.75) is 13.0 Å². The number of anilines is 1. The van der Waals surface area contributed by atoms with Gasteiger partial charge in [-0.25, -0.2) is 19.2 Å². The lowest BCUT2D eigenvalue weighted by molar-refractivity contribution is 0.0593. The average Bonchev–Trinajstić information content (AvgIpc) is 3.55. The number of nitrogens with one attached hydrogen (secondary N) is 1. The molecule has 1 N–H and O–H groups in total. The van der Waals surface area contributed by atoms with E-state index in [1.165, 1.54) is 17.9 Å². The van der Waals surface area contributed by atoms with Gasteiger partial charge in [0.15, 0.2) is 17.0 Å². The maximum absolute atomic E-state index is 14.5. The predicted octanol–water partition coefficient (Wildman–Crippen LogP) is 2.47. The van der Waals surface area contributed by atoms with E-state index in [1.807, 2.05) is 6.07 Å². The molecular formula is C22H18FN7O3. The molecule has 5 rings (SSSR count). The molecular weight excluding hydrogens is 429 g/mol. The fraction of sp³-hybridized carbons (Fsp3) is 0.227. The first kappa shape index (κ1) is 20.4. The highest BCUT2D eigenvalue weighted by atomic mass is 19.1. The smallest absolute Gasteiger partial charge is 0.358 e. The van der Waals surface area contributed by atoms with E-state index >= 15 is 0 Å². The number of aromatic nitrogens is 5. The maximum Gasteiger partial charge on any atom is 0.358 e. The van der Waals surface area contributed by atoms with E-state index in [2.05, 4.69) is 20.4 Å². The molecule has 3 aromatic heterocycles. The van der Waals surface area contributed by atoms with Crippen LogP contribution >= 0.6 is 0 Å². The van der Waals surface area contributed by atoms with Gasteiger partial charge in [0.05, 0.1) is 31.2 Å². The molecule has 166 valence electrons. The van der Waals surface area contributed by atoms with Gasteiger partial charge < -0.3 is 14.8 Å². The molecule has 0 saturated carbocycles. The van der Waals surface area contributed by atoms with Gasteiger partial charge in [-0.15, -0.1) is 0 Å². The highest BCUT2D eigenvalue weighted by Gasteiger charge is 2.21. The fourth-order valence-electron chi connectivity index (χ4n) is 3.94. The Kier molecular flexibility index (Phi) is 4.90. The Morgan fingerprint density at radius 3 is 3.06 bits per heavy atom. The lowest BCUT2D eigenvalue weighted by Crippen LogP contribution is -2.10. The second-order valence-corrected chi connectivity index (χ2v) is 7.41. The number of hydrogen-bond acceptors (Lipinski definition) is 8. The first-order valence-corrected chi connectivity index (χ1v) is 10.1. The number of nitrogens with zero attached hydrogens (tertiary/aromatic N) is 6. The summed E-state index contributed by atoms with van der Waals surface area (Å²) in [6.07, 6.45) is 3.75. The molecule has 1 aliphatic rings. The third-order valence-corrected chi connectivity index (χ3v) is 5.52. The monoisotopic (exact) mass is 447 g/mol. The molecule has 1 aromatic carbocycles. The van der Waals surface area contributed by atoms with Crippen molar-refractivity contribution >= 4 is 17.6 Å².